The summed E-state index contributed by atoms with van der Waals surface area (Å²) in [5.41, 5.74) is 0.328. The summed E-state index contributed by atoms with van der Waals surface area (Å²) in [5, 5.41) is 0.190. The molecule has 1 aliphatic heterocycles. The molecule has 0 bridgehead atoms. The molecule has 1 aliphatic rings. The molecule has 1 amide bonds. The molecule has 0 radical (unpaired) electrons. The van der Waals surface area contributed by atoms with Gasteiger partial charge in [0.25, 0.3) is 5.91 Å². The number of benzene rings is 2. The molecule has 0 aliphatic carbocycles. The number of hydrogen-bond donors (Lipinski definition) is 0. The first-order valence-corrected chi connectivity index (χ1v) is 8.23. The topological polar surface area (TPSA) is 20.3 Å². The quantitative estimate of drug-likeness (QED) is 0.729. The van der Waals surface area contributed by atoms with Crippen molar-refractivity contribution in [1.29, 1.82) is 0 Å². The molecule has 1 heterocycles. The minimum Gasteiger partial charge on any atom is -0.322 e. The second kappa shape index (κ2) is 6.45. The van der Waals surface area contributed by atoms with Gasteiger partial charge in [0.1, 0.15) is 5.37 Å². The van der Waals surface area contributed by atoms with E-state index in [0.717, 1.165) is 17.7 Å². The van der Waals surface area contributed by atoms with Crippen molar-refractivity contribution in [3.8, 4) is 0 Å². The highest BCUT2D eigenvalue weighted by molar-refractivity contribution is 7.99. The Bertz CT molecular complexity index is 771. The van der Waals surface area contributed by atoms with Crippen molar-refractivity contribution in [3.63, 3.8) is 0 Å². The van der Waals surface area contributed by atoms with Crippen molar-refractivity contribution in [2.24, 2.45) is 0 Å². The molecule has 2 aromatic carbocycles. The third-order valence-corrected chi connectivity index (χ3v) is 5.05. The fraction of sp³-hybridized carbons (Fsp3) is 0.188. The van der Waals surface area contributed by atoms with Crippen LogP contribution in [-0.4, -0.2) is 23.1 Å². The predicted octanol–water partition coefficient (Wildman–Crippen LogP) is 4.65. The number of rotatable bonds is 2. The minimum atomic E-state index is -1.64. The molecule has 1 saturated heterocycles. The van der Waals surface area contributed by atoms with Crippen molar-refractivity contribution in [3.05, 3.63) is 70.0 Å². The van der Waals surface area contributed by atoms with Gasteiger partial charge in [-0.3, -0.25) is 4.79 Å². The maximum Gasteiger partial charge on any atom is 0.258 e. The largest absolute Gasteiger partial charge is 0.322 e. The van der Waals surface area contributed by atoms with Gasteiger partial charge in [-0.2, -0.15) is 0 Å². The lowest BCUT2D eigenvalue weighted by atomic mass is 10.1. The first-order valence-electron chi connectivity index (χ1n) is 6.80. The summed E-state index contributed by atoms with van der Waals surface area (Å²) >= 11 is 7.47. The van der Waals surface area contributed by atoms with Crippen LogP contribution in [0, 0.1) is 17.5 Å². The van der Waals surface area contributed by atoms with Crippen LogP contribution in [0.3, 0.4) is 0 Å². The van der Waals surface area contributed by atoms with Crippen LogP contribution in [0.15, 0.2) is 36.4 Å². The standard InChI is InChI=1S/C16H11ClF3NOS/c17-10-3-1-2-9(8-10)16-21(6-7-23-16)15(22)11-4-5-12(18)14(20)13(11)19/h1-5,8,16H,6-7H2. The van der Waals surface area contributed by atoms with E-state index in [0.29, 0.717) is 17.3 Å². The first-order chi connectivity index (χ1) is 11.0. The molecule has 3 rings (SSSR count). The van der Waals surface area contributed by atoms with Crippen LogP contribution in [0.2, 0.25) is 5.02 Å². The van der Waals surface area contributed by atoms with Crippen molar-refractivity contribution in [2.45, 2.75) is 5.37 Å². The molecule has 0 aromatic heterocycles. The van der Waals surface area contributed by atoms with E-state index in [4.69, 9.17) is 11.6 Å². The molecule has 2 nitrogen and oxygen atoms in total. The van der Waals surface area contributed by atoms with Gasteiger partial charge in [0.05, 0.1) is 5.56 Å². The van der Waals surface area contributed by atoms with Crippen LogP contribution >= 0.6 is 23.4 Å². The van der Waals surface area contributed by atoms with E-state index >= 15 is 0 Å². The van der Waals surface area contributed by atoms with Gasteiger partial charge in [0, 0.05) is 17.3 Å². The summed E-state index contributed by atoms with van der Waals surface area (Å²) in [5.74, 6) is -4.43. The minimum absolute atomic E-state index is 0.339. The van der Waals surface area contributed by atoms with Gasteiger partial charge in [-0.1, -0.05) is 23.7 Å². The maximum absolute atomic E-state index is 13.9. The van der Waals surface area contributed by atoms with E-state index < -0.39 is 28.9 Å². The van der Waals surface area contributed by atoms with Gasteiger partial charge < -0.3 is 4.90 Å². The molecule has 0 N–H and O–H groups in total. The summed E-state index contributed by atoms with van der Waals surface area (Å²) in [6.07, 6.45) is 0. The van der Waals surface area contributed by atoms with Crippen molar-refractivity contribution in [1.82, 2.24) is 4.90 Å². The van der Waals surface area contributed by atoms with Gasteiger partial charge in [-0.05, 0) is 29.8 Å². The number of halogens is 4. The van der Waals surface area contributed by atoms with Gasteiger partial charge in [0.15, 0.2) is 17.5 Å². The molecular weight excluding hydrogens is 347 g/mol. The Hall–Kier alpha value is -1.66. The van der Waals surface area contributed by atoms with Crippen LogP contribution in [0.5, 0.6) is 0 Å². The highest BCUT2D eigenvalue weighted by Gasteiger charge is 2.33. The van der Waals surface area contributed by atoms with Gasteiger partial charge in [-0.25, -0.2) is 13.2 Å². The Morgan fingerprint density at radius 3 is 2.70 bits per heavy atom. The highest BCUT2D eigenvalue weighted by Crippen LogP contribution is 2.39. The molecule has 1 atom stereocenters. The molecule has 120 valence electrons. The van der Waals surface area contributed by atoms with Crippen LogP contribution in [0.4, 0.5) is 13.2 Å². The van der Waals surface area contributed by atoms with Gasteiger partial charge >= 0.3 is 0 Å². The normalized spacial score (nSPS) is 17.6. The Labute approximate surface area is 140 Å². The number of carbonyl (C=O) groups is 1. The Balaban J connectivity index is 1.94. The van der Waals surface area contributed by atoms with E-state index in [2.05, 4.69) is 0 Å². The summed E-state index contributed by atoms with van der Waals surface area (Å²) < 4.78 is 40.3. The van der Waals surface area contributed by atoms with E-state index in [9.17, 15) is 18.0 Å². The molecule has 23 heavy (non-hydrogen) atoms. The Kier molecular flexibility index (Phi) is 4.55. The third-order valence-electron chi connectivity index (χ3n) is 3.55. The van der Waals surface area contributed by atoms with E-state index in [1.54, 1.807) is 18.2 Å². The summed E-state index contributed by atoms with van der Waals surface area (Å²) in [7, 11) is 0. The number of nitrogens with zero attached hydrogens (tertiary/aromatic N) is 1. The lowest BCUT2D eigenvalue weighted by Crippen LogP contribution is -2.31. The van der Waals surface area contributed by atoms with E-state index in [1.165, 1.54) is 16.7 Å². The summed E-state index contributed by atoms with van der Waals surface area (Å²) in [4.78, 5) is 14.0. The summed E-state index contributed by atoms with van der Waals surface area (Å²) in [6.45, 7) is 0.388. The molecule has 1 unspecified atom stereocenters. The zero-order valence-corrected chi connectivity index (χ0v) is 13.3. The maximum atomic E-state index is 13.9. The van der Waals surface area contributed by atoms with E-state index in [-0.39, 0.29) is 5.37 Å². The van der Waals surface area contributed by atoms with E-state index in [1.807, 2.05) is 6.07 Å². The first kappa shape index (κ1) is 16.2. The van der Waals surface area contributed by atoms with Crippen LogP contribution in [0.1, 0.15) is 21.3 Å². The number of thioether (sulfide) groups is 1. The average molecular weight is 358 g/mol. The molecule has 1 fully saturated rings. The fourth-order valence-corrected chi connectivity index (χ4v) is 3.90. The second-order valence-corrected chi connectivity index (χ2v) is 6.62. The average Bonchev–Trinajstić information content (AvgIpc) is 3.02. The van der Waals surface area contributed by atoms with Crippen LogP contribution in [0.25, 0.3) is 0 Å². The molecule has 2 aromatic rings. The van der Waals surface area contributed by atoms with Crippen molar-refractivity contribution >= 4 is 29.3 Å². The van der Waals surface area contributed by atoms with Crippen LogP contribution in [-0.2, 0) is 0 Å². The molecular formula is C16H11ClF3NOS. The fourth-order valence-electron chi connectivity index (χ4n) is 2.46. The van der Waals surface area contributed by atoms with Gasteiger partial charge in [-0.15, -0.1) is 11.8 Å². The highest BCUT2D eigenvalue weighted by atomic mass is 35.5. The third kappa shape index (κ3) is 3.05. The van der Waals surface area contributed by atoms with Crippen molar-refractivity contribution < 1.29 is 18.0 Å². The molecule has 0 spiro atoms. The molecule has 0 saturated carbocycles. The smallest absolute Gasteiger partial charge is 0.258 e. The lowest BCUT2D eigenvalue weighted by molar-refractivity contribution is 0.0754. The van der Waals surface area contributed by atoms with Crippen LogP contribution < -0.4 is 0 Å². The summed E-state index contributed by atoms with van der Waals surface area (Å²) in [6, 6.07) is 8.74. The SMILES string of the molecule is O=C(c1ccc(F)c(F)c1F)N1CCSC1c1cccc(Cl)c1. The lowest BCUT2D eigenvalue weighted by Gasteiger charge is -2.24. The van der Waals surface area contributed by atoms with Crippen molar-refractivity contribution in [2.75, 3.05) is 12.3 Å². The zero-order chi connectivity index (χ0) is 16.6. The second-order valence-electron chi connectivity index (χ2n) is 5.00. The van der Waals surface area contributed by atoms with Gasteiger partial charge in [0.2, 0.25) is 0 Å². The number of carbonyl (C=O) groups excluding carboxylic acids is 1. The number of hydrogen-bond acceptors (Lipinski definition) is 2. The predicted molar refractivity (Wildman–Crippen MR) is 84.0 cm³/mol. The molecule has 7 heteroatoms. The zero-order valence-electron chi connectivity index (χ0n) is 11.7. The number of amides is 1. The Morgan fingerprint density at radius 1 is 1.17 bits per heavy atom. The monoisotopic (exact) mass is 357 g/mol. The Morgan fingerprint density at radius 2 is 1.96 bits per heavy atom.